The van der Waals surface area contributed by atoms with E-state index >= 15 is 0 Å². The molecule has 3 rings (SSSR count). The molecule has 1 aliphatic rings. The van der Waals surface area contributed by atoms with Crippen molar-refractivity contribution >= 4 is 35.0 Å². The van der Waals surface area contributed by atoms with Crippen LogP contribution in [0.3, 0.4) is 0 Å². The molecule has 1 N–H and O–H groups in total. The van der Waals surface area contributed by atoms with Gasteiger partial charge in [-0.15, -0.1) is 0 Å². The van der Waals surface area contributed by atoms with Crippen LogP contribution in [-0.4, -0.2) is 41.1 Å². The van der Waals surface area contributed by atoms with Gasteiger partial charge in [0.1, 0.15) is 17.7 Å². The molecule has 1 fully saturated rings. The minimum atomic E-state index is -4.64. The highest BCUT2D eigenvalue weighted by molar-refractivity contribution is 6.31. The van der Waals surface area contributed by atoms with Gasteiger partial charge in [-0.1, -0.05) is 11.6 Å². The van der Waals surface area contributed by atoms with E-state index in [1.54, 1.807) is 0 Å². The third-order valence-corrected chi connectivity index (χ3v) is 5.88. The Morgan fingerprint density at radius 2 is 1.91 bits per heavy atom. The molecule has 0 bridgehead atoms. The number of pyridine rings is 1. The second kappa shape index (κ2) is 8.57. The van der Waals surface area contributed by atoms with Crippen molar-refractivity contribution in [3.8, 4) is 0 Å². The lowest BCUT2D eigenvalue weighted by atomic mass is 10.00. The maximum Gasteiger partial charge on any atom is 0.416 e. The molecule has 172 valence electrons. The summed E-state index contributed by atoms with van der Waals surface area (Å²) in [5.41, 5.74) is -0.623. The van der Waals surface area contributed by atoms with Gasteiger partial charge in [-0.2, -0.15) is 13.2 Å². The Kier molecular flexibility index (Phi) is 6.37. The number of rotatable bonds is 4. The van der Waals surface area contributed by atoms with Crippen molar-refractivity contribution < 1.29 is 32.3 Å². The number of amides is 1. The Morgan fingerprint density at radius 1 is 1.25 bits per heavy atom. The first kappa shape index (κ1) is 23.8. The van der Waals surface area contributed by atoms with Crippen LogP contribution in [0.25, 0.3) is 0 Å². The molecule has 3 atom stereocenters. The van der Waals surface area contributed by atoms with Gasteiger partial charge < -0.3 is 14.9 Å². The van der Waals surface area contributed by atoms with E-state index in [1.807, 2.05) is 0 Å². The first-order chi connectivity index (χ1) is 14.8. The normalized spacial score (nSPS) is 21.0. The number of hydrogen-bond acceptors (Lipinski definition) is 4. The van der Waals surface area contributed by atoms with Gasteiger partial charge in [-0.05, 0) is 50.6 Å². The average Bonchev–Trinajstić information content (AvgIpc) is 3.05. The second-order valence-electron chi connectivity index (χ2n) is 7.69. The van der Waals surface area contributed by atoms with E-state index in [0.29, 0.717) is 0 Å². The van der Waals surface area contributed by atoms with E-state index < -0.39 is 47.4 Å². The Hall–Kier alpha value is -2.88. The standard InChI is InChI=1S/C21H20ClF4N3O3/c1-10-6-12(21(24,25)26)7-18(27-10)29-11(2)14(20(31)32)9-17(29)19(30)28(3)13-4-5-16(23)15(22)8-13/h4-8,11,14,17H,9H2,1-3H3,(H,31,32)/t11-,14?,17?/m0/s1. The Morgan fingerprint density at radius 3 is 2.47 bits per heavy atom. The summed E-state index contributed by atoms with van der Waals surface area (Å²) >= 11 is 5.79. The highest BCUT2D eigenvalue weighted by Crippen LogP contribution is 2.38. The lowest BCUT2D eigenvalue weighted by molar-refractivity contribution is -0.142. The maximum atomic E-state index is 13.5. The third-order valence-electron chi connectivity index (χ3n) is 5.59. The molecular weight excluding hydrogens is 454 g/mol. The smallest absolute Gasteiger partial charge is 0.416 e. The quantitative estimate of drug-likeness (QED) is 0.660. The molecule has 1 aromatic carbocycles. The molecule has 2 heterocycles. The van der Waals surface area contributed by atoms with Crippen molar-refractivity contribution in [3.05, 3.63) is 52.4 Å². The number of likely N-dealkylation sites (N-methyl/N-ethyl adjacent to an activating group) is 1. The van der Waals surface area contributed by atoms with Crippen molar-refractivity contribution in [3.63, 3.8) is 0 Å². The fraction of sp³-hybridized carbons (Fsp3) is 0.381. The number of carboxylic acids is 1. The summed E-state index contributed by atoms with van der Waals surface area (Å²) in [7, 11) is 1.40. The van der Waals surface area contributed by atoms with Gasteiger partial charge in [0.05, 0.1) is 16.5 Å². The predicted molar refractivity (Wildman–Crippen MR) is 110 cm³/mol. The summed E-state index contributed by atoms with van der Waals surface area (Å²) in [5, 5.41) is 9.39. The molecule has 2 unspecified atom stereocenters. The van der Waals surface area contributed by atoms with Crippen molar-refractivity contribution in [2.24, 2.45) is 5.92 Å². The number of benzene rings is 1. The predicted octanol–water partition coefficient (Wildman–Crippen LogP) is 4.53. The number of anilines is 2. The maximum absolute atomic E-state index is 13.5. The number of aryl methyl sites for hydroxylation is 1. The molecule has 2 aromatic rings. The zero-order valence-corrected chi connectivity index (χ0v) is 18.1. The Bertz CT molecular complexity index is 1060. The SMILES string of the molecule is Cc1cc(C(F)(F)F)cc(N2C(C(=O)N(C)c3ccc(F)c(Cl)c3)CC(C(=O)O)[C@@H]2C)n1. The molecular formula is C21H20ClF4N3O3. The summed E-state index contributed by atoms with van der Waals surface area (Å²) in [4.78, 5) is 31.7. The number of carbonyl (C=O) groups is 2. The van der Waals surface area contributed by atoms with Crippen LogP contribution >= 0.6 is 11.6 Å². The van der Waals surface area contributed by atoms with E-state index in [-0.39, 0.29) is 28.6 Å². The van der Waals surface area contributed by atoms with Crippen LogP contribution in [-0.2, 0) is 15.8 Å². The number of alkyl halides is 3. The molecule has 0 saturated carbocycles. The lowest BCUT2D eigenvalue weighted by Crippen LogP contribution is -2.47. The Labute approximate surface area is 186 Å². The zero-order chi connectivity index (χ0) is 24.0. The Balaban J connectivity index is 2.05. The van der Waals surface area contributed by atoms with Gasteiger partial charge >= 0.3 is 12.1 Å². The molecule has 0 spiro atoms. The zero-order valence-electron chi connectivity index (χ0n) is 17.3. The van der Waals surface area contributed by atoms with Gasteiger partial charge in [0, 0.05) is 24.5 Å². The summed E-state index contributed by atoms with van der Waals surface area (Å²) in [5.74, 6) is -3.58. The summed E-state index contributed by atoms with van der Waals surface area (Å²) in [6.07, 6.45) is -4.77. The van der Waals surface area contributed by atoms with Crippen LogP contribution < -0.4 is 9.80 Å². The van der Waals surface area contributed by atoms with Crippen LogP contribution in [0, 0.1) is 18.7 Å². The molecule has 1 aromatic heterocycles. The second-order valence-corrected chi connectivity index (χ2v) is 8.10. The summed E-state index contributed by atoms with van der Waals surface area (Å²) in [6, 6.07) is 3.42. The third kappa shape index (κ3) is 4.50. The van der Waals surface area contributed by atoms with Crippen molar-refractivity contribution in [1.29, 1.82) is 0 Å². The topological polar surface area (TPSA) is 73.7 Å². The van der Waals surface area contributed by atoms with E-state index in [2.05, 4.69) is 4.98 Å². The van der Waals surface area contributed by atoms with Gasteiger partial charge in [-0.25, -0.2) is 9.37 Å². The first-order valence-electron chi connectivity index (χ1n) is 9.61. The van der Waals surface area contributed by atoms with Crippen LogP contribution in [0.5, 0.6) is 0 Å². The van der Waals surface area contributed by atoms with Crippen molar-refractivity contribution in [2.45, 2.75) is 38.5 Å². The van der Waals surface area contributed by atoms with Crippen molar-refractivity contribution in [2.75, 3.05) is 16.8 Å². The van der Waals surface area contributed by atoms with E-state index in [9.17, 15) is 32.3 Å². The average molecular weight is 474 g/mol. The largest absolute Gasteiger partial charge is 0.481 e. The first-order valence-corrected chi connectivity index (χ1v) is 9.98. The van der Waals surface area contributed by atoms with E-state index in [1.165, 1.54) is 42.8 Å². The summed E-state index contributed by atoms with van der Waals surface area (Å²) < 4.78 is 53.6. The van der Waals surface area contributed by atoms with E-state index in [4.69, 9.17) is 11.6 Å². The number of halogens is 5. The van der Waals surface area contributed by atoms with Crippen LogP contribution in [0.15, 0.2) is 30.3 Å². The number of aromatic nitrogens is 1. The van der Waals surface area contributed by atoms with Crippen LogP contribution in [0.2, 0.25) is 5.02 Å². The molecule has 11 heteroatoms. The van der Waals surface area contributed by atoms with Crippen molar-refractivity contribution in [1.82, 2.24) is 4.98 Å². The minimum Gasteiger partial charge on any atom is -0.481 e. The van der Waals surface area contributed by atoms with Gasteiger partial charge in [0.15, 0.2) is 0 Å². The van der Waals surface area contributed by atoms with E-state index in [0.717, 1.165) is 18.2 Å². The number of carboxylic acid groups (broad SMARTS) is 1. The molecule has 6 nitrogen and oxygen atoms in total. The molecule has 1 amide bonds. The summed E-state index contributed by atoms with van der Waals surface area (Å²) in [6.45, 7) is 2.91. The molecule has 32 heavy (non-hydrogen) atoms. The number of hydrogen-bond donors (Lipinski definition) is 1. The fourth-order valence-corrected chi connectivity index (χ4v) is 4.09. The number of aliphatic carboxylic acids is 1. The monoisotopic (exact) mass is 473 g/mol. The molecule has 1 aliphatic heterocycles. The van der Waals surface area contributed by atoms with Gasteiger partial charge in [0.2, 0.25) is 5.91 Å². The molecule has 1 saturated heterocycles. The number of carbonyl (C=O) groups excluding carboxylic acids is 1. The minimum absolute atomic E-state index is 0.0747. The van der Waals surface area contributed by atoms with Crippen LogP contribution in [0.1, 0.15) is 24.6 Å². The fourth-order valence-electron chi connectivity index (χ4n) is 3.92. The van der Waals surface area contributed by atoms with Crippen LogP contribution in [0.4, 0.5) is 29.1 Å². The highest BCUT2D eigenvalue weighted by Gasteiger charge is 2.47. The molecule has 0 aliphatic carbocycles. The van der Waals surface area contributed by atoms with Gasteiger partial charge in [0.25, 0.3) is 0 Å². The molecule has 0 radical (unpaired) electrons. The lowest BCUT2D eigenvalue weighted by Gasteiger charge is -2.32. The highest BCUT2D eigenvalue weighted by atomic mass is 35.5. The number of nitrogens with zero attached hydrogens (tertiary/aromatic N) is 3. The van der Waals surface area contributed by atoms with Gasteiger partial charge in [-0.3, -0.25) is 9.59 Å².